The van der Waals surface area contributed by atoms with Gasteiger partial charge in [0.2, 0.25) is 0 Å². The molecule has 0 aliphatic carbocycles. The van der Waals surface area contributed by atoms with E-state index in [9.17, 15) is 9.18 Å². The van der Waals surface area contributed by atoms with E-state index in [4.69, 9.17) is 5.73 Å². The van der Waals surface area contributed by atoms with Crippen molar-refractivity contribution >= 4 is 5.91 Å². The van der Waals surface area contributed by atoms with Crippen molar-refractivity contribution in [1.82, 2.24) is 4.90 Å². The summed E-state index contributed by atoms with van der Waals surface area (Å²) in [5.41, 5.74) is 6.22. The number of nitrogens with zero attached hydrogens (tertiary/aromatic N) is 1. The number of rotatable bonds is 3. The average Bonchev–Trinajstić information content (AvgIpc) is 2.81. The van der Waals surface area contributed by atoms with E-state index in [0.29, 0.717) is 31.1 Å². The number of likely N-dealkylation sites (tertiary alicyclic amines) is 1. The van der Waals surface area contributed by atoms with Crippen LogP contribution in [0.4, 0.5) is 4.39 Å². The average molecular weight is 250 g/mol. The molecule has 1 unspecified atom stereocenters. The molecule has 0 bridgehead atoms. The number of benzene rings is 1. The second kappa shape index (κ2) is 5.48. The molecule has 2 N–H and O–H groups in total. The van der Waals surface area contributed by atoms with Crippen LogP contribution in [0.1, 0.15) is 28.8 Å². The Morgan fingerprint density at radius 1 is 1.56 bits per heavy atom. The van der Waals surface area contributed by atoms with Gasteiger partial charge in [0.1, 0.15) is 5.82 Å². The van der Waals surface area contributed by atoms with Crippen LogP contribution in [-0.4, -0.2) is 30.4 Å². The van der Waals surface area contributed by atoms with Crippen molar-refractivity contribution in [3.63, 3.8) is 0 Å². The van der Waals surface area contributed by atoms with Gasteiger partial charge in [0, 0.05) is 13.1 Å². The number of aryl methyl sites for hydroxylation is 1. The highest BCUT2D eigenvalue weighted by molar-refractivity contribution is 5.94. The van der Waals surface area contributed by atoms with E-state index in [1.54, 1.807) is 30.0 Å². The maximum atomic E-state index is 13.9. The molecule has 1 heterocycles. The van der Waals surface area contributed by atoms with E-state index >= 15 is 0 Å². The van der Waals surface area contributed by atoms with Gasteiger partial charge in [-0.1, -0.05) is 12.1 Å². The van der Waals surface area contributed by atoms with Crippen molar-refractivity contribution in [1.29, 1.82) is 0 Å². The topological polar surface area (TPSA) is 46.3 Å². The molecule has 0 saturated carbocycles. The summed E-state index contributed by atoms with van der Waals surface area (Å²) in [6.07, 6.45) is 1.90. The van der Waals surface area contributed by atoms with Crippen LogP contribution in [0.2, 0.25) is 0 Å². The fraction of sp³-hybridized carbons (Fsp3) is 0.500. The fourth-order valence-corrected chi connectivity index (χ4v) is 2.47. The zero-order valence-electron chi connectivity index (χ0n) is 10.7. The smallest absolute Gasteiger partial charge is 0.256 e. The number of halogens is 1. The summed E-state index contributed by atoms with van der Waals surface area (Å²) in [7, 11) is 0. The van der Waals surface area contributed by atoms with Crippen molar-refractivity contribution in [3.8, 4) is 0 Å². The van der Waals surface area contributed by atoms with E-state index in [2.05, 4.69) is 0 Å². The van der Waals surface area contributed by atoms with Crippen LogP contribution in [0.25, 0.3) is 0 Å². The second-order valence-corrected chi connectivity index (χ2v) is 4.92. The van der Waals surface area contributed by atoms with E-state index in [1.165, 1.54) is 0 Å². The van der Waals surface area contributed by atoms with E-state index in [0.717, 1.165) is 12.8 Å². The molecule has 98 valence electrons. The highest BCUT2D eigenvalue weighted by Gasteiger charge is 2.27. The molecule has 1 aliphatic heterocycles. The lowest BCUT2D eigenvalue weighted by molar-refractivity contribution is 0.0782. The molecular weight excluding hydrogens is 231 g/mol. The minimum atomic E-state index is -0.398. The lowest BCUT2D eigenvalue weighted by atomic mass is 10.1. The zero-order valence-corrected chi connectivity index (χ0v) is 10.7. The molecule has 1 amide bonds. The van der Waals surface area contributed by atoms with Crippen LogP contribution in [0.5, 0.6) is 0 Å². The molecule has 1 aromatic rings. The maximum absolute atomic E-state index is 13.9. The molecule has 18 heavy (non-hydrogen) atoms. The van der Waals surface area contributed by atoms with Crippen LogP contribution >= 0.6 is 0 Å². The highest BCUT2D eigenvalue weighted by atomic mass is 19.1. The Labute approximate surface area is 107 Å². The number of amides is 1. The quantitative estimate of drug-likeness (QED) is 0.891. The van der Waals surface area contributed by atoms with Gasteiger partial charge in [-0.05, 0) is 43.9 Å². The van der Waals surface area contributed by atoms with Crippen molar-refractivity contribution < 1.29 is 9.18 Å². The number of carbonyl (C=O) groups excluding carboxylic acids is 1. The summed E-state index contributed by atoms with van der Waals surface area (Å²) in [5, 5.41) is 0. The summed E-state index contributed by atoms with van der Waals surface area (Å²) in [6, 6.07) is 4.95. The third-order valence-corrected chi connectivity index (χ3v) is 3.57. The normalized spacial score (nSPS) is 19.3. The van der Waals surface area contributed by atoms with Crippen LogP contribution in [0.3, 0.4) is 0 Å². The summed E-state index contributed by atoms with van der Waals surface area (Å²) in [4.78, 5) is 14.0. The molecule has 0 radical (unpaired) electrons. The first-order valence-electron chi connectivity index (χ1n) is 6.38. The van der Waals surface area contributed by atoms with E-state index in [1.807, 2.05) is 0 Å². The Hall–Kier alpha value is -1.42. The standard InChI is InChI=1S/C14H19FN2O/c1-10-3-2-4-12(13(10)15)14(18)17-8-6-11(9-17)5-7-16/h2-4,11H,5-9,16H2,1H3. The van der Waals surface area contributed by atoms with Gasteiger partial charge in [-0.15, -0.1) is 0 Å². The molecule has 1 aliphatic rings. The fourth-order valence-electron chi connectivity index (χ4n) is 2.47. The predicted octanol–water partition coefficient (Wildman–Crippen LogP) is 1.95. The Kier molecular flexibility index (Phi) is 3.97. The highest BCUT2D eigenvalue weighted by Crippen LogP contribution is 2.22. The van der Waals surface area contributed by atoms with Gasteiger partial charge in [0.15, 0.2) is 0 Å². The van der Waals surface area contributed by atoms with Crippen molar-refractivity contribution in [2.75, 3.05) is 19.6 Å². The van der Waals surface area contributed by atoms with Gasteiger partial charge in [-0.25, -0.2) is 4.39 Å². The Morgan fingerprint density at radius 2 is 2.33 bits per heavy atom. The van der Waals surface area contributed by atoms with E-state index < -0.39 is 5.82 Å². The molecule has 1 aromatic carbocycles. The number of nitrogens with two attached hydrogens (primary N) is 1. The first-order valence-corrected chi connectivity index (χ1v) is 6.38. The number of hydrogen-bond acceptors (Lipinski definition) is 2. The summed E-state index contributed by atoms with van der Waals surface area (Å²) < 4.78 is 13.9. The Bertz CT molecular complexity index is 447. The van der Waals surface area contributed by atoms with Gasteiger partial charge in [0.25, 0.3) is 5.91 Å². The second-order valence-electron chi connectivity index (χ2n) is 4.92. The lowest BCUT2D eigenvalue weighted by Gasteiger charge is -2.17. The first kappa shape index (κ1) is 13.0. The van der Waals surface area contributed by atoms with Gasteiger partial charge in [-0.3, -0.25) is 4.79 Å². The minimum absolute atomic E-state index is 0.184. The lowest BCUT2D eigenvalue weighted by Crippen LogP contribution is -2.29. The van der Waals surface area contributed by atoms with E-state index in [-0.39, 0.29) is 11.5 Å². The SMILES string of the molecule is Cc1cccc(C(=O)N2CCC(CCN)C2)c1F. The molecule has 4 heteroatoms. The van der Waals surface area contributed by atoms with Gasteiger partial charge >= 0.3 is 0 Å². The number of hydrogen-bond donors (Lipinski definition) is 1. The molecule has 2 rings (SSSR count). The van der Waals surface area contributed by atoms with Gasteiger partial charge in [-0.2, -0.15) is 0 Å². The Morgan fingerprint density at radius 3 is 3.06 bits per heavy atom. The summed E-state index contributed by atoms with van der Waals surface area (Å²) in [6.45, 7) is 3.72. The molecule has 3 nitrogen and oxygen atoms in total. The van der Waals surface area contributed by atoms with Crippen molar-refractivity contribution in [3.05, 3.63) is 35.1 Å². The van der Waals surface area contributed by atoms with Gasteiger partial charge in [0.05, 0.1) is 5.56 Å². The van der Waals surface area contributed by atoms with Crippen molar-refractivity contribution in [2.24, 2.45) is 11.7 Å². The van der Waals surface area contributed by atoms with Gasteiger partial charge < -0.3 is 10.6 Å². The zero-order chi connectivity index (χ0) is 13.1. The third-order valence-electron chi connectivity index (χ3n) is 3.57. The van der Waals surface area contributed by atoms with Crippen LogP contribution in [-0.2, 0) is 0 Å². The molecule has 0 aromatic heterocycles. The molecule has 1 atom stereocenters. The summed E-state index contributed by atoms with van der Waals surface area (Å²) >= 11 is 0. The molecule has 1 fully saturated rings. The monoisotopic (exact) mass is 250 g/mol. The third kappa shape index (κ3) is 2.53. The van der Waals surface area contributed by atoms with Crippen LogP contribution < -0.4 is 5.73 Å². The maximum Gasteiger partial charge on any atom is 0.256 e. The largest absolute Gasteiger partial charge is 0.338 e. The molecule has 1 saturated heterocycles. The summed E-state index contributed by atoms with van der Waals surface area (Å²) in [5.74, 6) is -0.132. The van der Waals surface area contributed by atoms with Crippen LogP contribution in [0.15, 0.2) is 18.2 Å². The minimum Gasteiger partial charge on any atom is -0.338 e. The molecular formula is C14H19FN2O. The molecule has 0 spiro atoms. The Balaban J connectivity index is 2.11. The number of carbonyl (C=O) groups is 1. The van der Waals surface area contributed by atoms with Crippen LogP contribution in [0, 0.1) is 18.7 Å². The van der Waals surface area contributed by atoms with Crippen molar-refractivity contribution in [2.45, 2.75) is 19.8 Å². The first-order chi connectivity index (χ1) is 8.63. The predicted molar refractivity (Wildman–Crippen MR) is 68.8 cm³/mol.